The molecule has 2 aliphatic heterocycles. The molecule has 0 spiro atoms. The van der Waals surface area contributed by atoms with Crippen molar-refractivity contribution in [1.29, 1.82) is 0 Å². The Labute approximate surface area is 225 Å². The lowest BCUT2D eigenvalue weighted by molar-refractivity contribution is -0.783. The highest BCUT2D eigenvalue weighted by atomic mass is 16.6. The van der Waals surface area contributed by atoms with Crippen LogP contribution in [0, 0.1) is 0 Å². The zero-order chi connectivity index (χ0) is 28.5. The van der Waals surface area contributed by atoms with E-state index in [0.29, 0.717) is 23.4 Å². The van der Waals surface area contributed by atoms with Crippen molar-refractivity contribution in [3.63, 3.8) is 0 Å². The Morgan fingerprint density at radius 1 is 1.26 bits per heavy atom. The van der Waals surface area contributed by atoms with Crippen LogP contribution in [0.25, 0.3) is 0 Å². The lowest BCUT2D eigenvalue weighted by atomic mass is 9.92. The minimum absolute atomic E-state index is 0.0555. The van der Waals surface area contributed by atoms with Crippen LogP contribution in [-0.4, -0.2) is 74.4 Å². The Morgan fingerprint density at radius 3 is 2.64 bits per heavy atom. The van der Waals surface area contributed by atoms with Crippen LogP contribution in [0.3, 0.4) is 0 Å². The van der Waals surface area contributed by atoms with E-state index in [2.05, 4.69) is 20.6 Å². The summed E-state index contributed by atoms with van der Waals surface area (Å²) >= 11 is 0. The molecule has 2 aliphatic rings. The van der Waals surface area contributed by atoms with Gasteiger partial charge in [-0.05, 0) is 38.5 Å². The minimum Gasteiger partial charge on any atom is -0.444 e. The third-order valence-corrected chi connectivity index (χ3v) is 6.97. The second kappa shape index (κ2) is 10.6. The van der Waals surface area contributed by atoms with Crippen LogP contribution in [-0.2, 0) is 32.0 Å². The highest BCUT2D eigenvalue weighted by Crippen LogP contribution is 2.32. The Balaban J connectivity index is 1.59. The maximum atomic E-state index is 14.1. The first-order valence-electron chi connectivity index (χ1n) is 12.7. The van der Waals surface area contributed by atoms with Crippen LogP contribution < -0.4 is 22.1 Å². The molecule has 0 bridgehead atoms. The average Bonchev–Trinajstić information content (AvgIpc) is 3.53. The number of ether oxygens (including phenoxy) is 1. The number of amides is 5. The summed E-state index contributed by atoms with van der Waals surface area (Å²) in [4.78, 5) is 72.3. The third kappa shape index (κ3) is 5.68. The van der Waals surface area contributed by atoms with E-state index in [1.807, 2.05) is 0 Å². The molecule has 1 saturated heterocycles. The summed E-state index contributed by atoms with van der Waals surface area (Å²) in [6, 6.07) is 1.44. The van der Waals surface area contributed by atoms with Crippen LogP contribution >= 0.6 is 0 Å². The molecule has 0 saturated carbocycles. The fourth-order valence-corrected chi connectivity index (χ4v) is 5.32. The molecule has 1 aromatic heterocycles. The van der Waals surface area contributed by atoms with E-state index in [9.17, 15) is 24.0 Å². The Hall–Kier alpha value is -4.10. The minimum atomic E-state index is -1.11. The van der Waals surface area contributed by atoms with Crippen LogP contribution in [0.4, 0.5) is 10.5 Å². The number of hydrogen-bond acceptors (Lipinski definition) is 8. The molecule has 1 aromatic carbocycles. The Bertz CT molecular complexity index is 1300. The molecule has 2 aromatic rings. The number of imidazole rings is 1. The highest BCUT2D eigenvalue weighted by molar-refractivity contribution is 6.03. The van der Waals surface area contributed by atoms with Crippen molar-refractivity contribution in [1.82, 2.24) is 15.3 Å². The van der Waals surface area contributed by atoms with E-state index in [1.165, 1.54) is 18.6 Å². The number of carbonyl (C=O) groups excluding carboxylic acids is 5. The molecule has 208 valence electrons. The number of nitrogens with one attached hydrogen (secondary N) is 3. The quantitative estimate of drug-likeness (QED) is 0.326. The number of benzene rings is 1. The zero-order valence-electron chi connectivity index (χ0n) is 22.2. The number of quaternary nitrogens is 1. The molecule has 13 heteroatoms. The van der Waals surface area contributed by atoms with Crippen molar-refractivity contribution in [2.45, 2.75) is 70.2 Å². The number of aromatic amines is 1. The number of hydrogen-bond donors (Lipinski definition) is 5. The van der Waals surface area contributed by atoms with Gasteiger partial charge in [-0.25, -0.2) is 19.4 Å². The predicted molar refractivity (Wildman–Crippen MR) is 139 cm³/mol. The molecule has 0 aliphatic carbocycles. The van der Waals surface area contributed by atoms with Gasteiger partial charge in [0.1, 0.15) is 17.7 Å². The number of imide groups is 1. The summed E-state index contributed by atoms with van der Waals surface area (Å²) < 4.78 is 4.41. The number of fused-ring (bicyclic) bond motifs is 1. The van der Waals surface area contributed by atoms with Gasteiger partial charge >= 0.3 is 17.9 Å². The van der Waals surface area contributed by atoms with Crippen LogP contribution in [0.15, 0.2) is 30.7 Å². The van der Waals surface area contributed by atoms with Gasteiger partial charge in [0.15, 0.2) is 6.04 Å². The molecular weight excluding hydrogens is 506 g/mol. The van der Waals surface area contributed by atoms with E-state index in [4.69, 9.17) is 16.2 Å². The number of nitrogens with zero attached hydrogens (tertiary/aromatic N) is 2. The van der Waals surface area contributed by atoms with Crippen molar-refractivity contribution < 1.29 is 33.2 Å². The molecule has 0 radical (unpaired) electrons. The van der Waals surface area contributed by atoms with Gasteiger partial charge in [-0.2, -0.15) is 4.48 Å². The van der Waals surface area contributed by atoms with Crippen LogP contribution in [0.1, 0.15) is 55.2 Å². The first kappa shape index (κ1) is 27.9. The Kier molecular flexibility index (Phi) is 7.57. The standard InChI is InChI=1S/C26H33N7O6/c1-26(2,3)39-25(38)31-15-7-6-14-9-19(32-22(35)17(14)10-15)24(37)33(8-4-5-20(33)21(28)34)23(36)18(27)11-16-12-29-13-30-16/h6-7,10,12-13,18-20H,4-5,8-9,11,27H2,1-3H3,(H4-,28,29,30,31,32,34,35,38)/p+1/t18-,19-,20-,33?/m0/s1. The van der Waals surface area contributed by atoms with E-state index >= 15 is 0 Å². The summed E-state index contributed by atoms with van der Waals surface area (Å²) in [6.45, 7) is 5.26. The maximum Gasteiger partial charge on any atom is 0.412 e. The smallest absolute Gasteiger partial charge is 0.412 e. The van der Waals surface area contributed by atoms with E-state index in [0.717, 1.165) is 0 Å². The number of rotatable bonds is 6. The topological polar surface area (TPSA) is 199 Å². The molecule has 4 rings (SSSR count). The van der Waals surface area contributed by atoms with Gasteiger partial charge in [-0.1, -0.05) is 6.07 Å². The van der Waals surface area contributed by atoms with Gasteiger partial charge in [0, 0.05) is 48.8 Å². The fourth-order valence-electron chi connectivity index (χ4n) is 5.32. The maximum absolute atomic E-state index is 14.1. The highest BCUT2D eigenvalue weighted by Gasteiger charge is 2.60. The van der Waals surface area contributed by atoms with Crippen molar-refractivity contribution in [3.05, 3.63) is 47.5 Å². The predicted octanol–water partition coefficient (Wildman–Crippen LogP) is 0.499. The fraction of sp³-hybridized carbons (Fsp3) is 0.462. The first-order chi connectivity index (χ1) is 18.3. The summed E-state index contributed by atoms with van der Waals surface area (Å²) in [5, 5.41) is 5.27. The monoisotopic (exact) mass is 540 g/mol. The number of carbonyl (C=O) groups is 5. The van der Waals surface area contributed by atoms with E-state index in [1.54, 1.807) is 32.9 Å². The SMILES string of the molecule is CC(C)(C)OC(=O)Nc1ccc2c(c1)C(=O)N[C@H](C(=O)[N+]1(C(=O)[C@@H](N)Cc3cnc[nH]3)CCC[C@H]1C(N)=O)C2. The molecule has 13 nitrogen and oxygen atoms in total. The molecule has 39 heavy (non-hydrogen) atoms. The van der Waals surface area contributed by atoms with E-state index < -0.39 is 57.9 Å². The van der Waals surface area contributed by atoms with Gasteiger partial charge in [0.25, 0.3) is 11.8 Å². The number of aromatic nitrogens is 2. The van der Waals surface area contributed by atoms with Gasteiger partial charge < -0.3 is 26.5 Å². The lowest BCUT2D eigenvalue weighted by Crippen LogP contribution is -2.71. The number of primary amides is 1. The average molecular weight is 541 g/mol. The van der Waals surface area contributed by atoms with Gasteiger partial charge in [-0.15, -0.1) is 0 Å². The number of anilines is 1. The second-order valence-corrected chi connectivity index (χ2v) is 10.9. The van der Waals surface area contributed by atoms with Crippen molar-refractivity contribution >= 4 is 35.4 Å². The molecule has 4 atom stereocenters. The summed E-state index contributed by atoms with van der Waals surface area (Å²) in [6.07, 6.45) is 3.15. The number of H-pyrrole nitrogens is 1. The Morgan fingerprint density at radius 2 is 2.00 bits per heavy atom. The molecular formula is C26H34N7O6+. The van der Waals surface area contributed by atoms with Crippen LogP contribution in [0.2, 0.25) is 0 Å². The van der Waals surface area contributed by atoms with Gasteiger partial charge in [0.05, 0.1) is 12.9 Å². The largest absolute Gasteiger partial charge is 0.444 e. The van der Waals surface area contributed by atoms with Crippen molar-refractivity contribution in [2.75, 3.05) is 11.9 Å². The molecule has 5 amide bonds. The van der Waals surface area contributed by atoms with Gasteiger partial charge in [0.2, 0.25) is 0 Å². The molecule has 3 heterocycles. The molecule has 7 N–H and O–H groups in total. The van der Waals surface area contributed by atoms with E-state index in [-0.39, 0.29) is 31.4 Å². The van der Waals surface area contributed by atoms with Crippen molar-refractivity contribution in [2.24, 2.45) is 11.5 Å². The van der Waals surface area contributed by atoms with Crippen molar-refractivity contribution in [3.8, 4) is 0 Å². The zero-order valence-corrected chi connectivity index (χ0v) is 22.2. The molecule has 1 fully saturated rings. The third-order valence-electron chi connectivity index (χ3n) is 6.97. The summed E-state index contributed by atoms with van der Waals surface area (Å²) in [5.74, 6) is -2.59. The number of nitrogens with two attached hydrogens (primary N) is 2. The van der Waals surface area contributed by atoms with Crippen LogP contribution in [0.5, 0.6) is 0 Å². The first-order valence-corrected chi connectivity index (χ1v) is 12.7. The van der Waals surface area contributed by atoms with Gasteiger partial charge in [-0.3, -0.25) is 14.9 Å². The molecule has 1 unspecified atom stereocenters. The normalized spacial score (nSPS) is 23.3. The summed E-state index contributed by atoms with van der Waals surface area (Å²) in [5.41, 5.74) is 13.0. The second-order valence-electron chi connectivity index (χ2n) is 10.9. The lowest BCUT2D eigenvalue weighted by Gasteiger charge is -2.38. The number of likely N-dealkylation sites (tertiary alicyclic amines) is 1. The summed E-state index contributed by atoms with van der Waals surface area (Å²) in [7, 11) is 0.